The predicted octanol–water partition coefficient (Wildman–Crippen LogP) is 2.18. The van der Waals surface area contributed by atoms with E-state index in [0.29, 0.717) is 25.3 Å². The number of halogens is 1. The lowest BCUT2D eigenvalue weighted by atomic mass is 10.2. The molecule has 1 amide bonds. The van der Waals surface area contributed by atoms with E-state index in [1.807, 2.05) is 24.3 Å². The van der Waals surface area contributed by atoms with Gasteiger partial charge in [0.15, 0.2) is 0 Å². The van der Waals surface area contributed by atoms with Crippen LogP contribution in [0.2, 0.25) is 0 Å². The average Bonchev–Trinajstić information content (AvgIpc) is 2.42. The Morgan fingerprint density at radius 3 is 2.72 bits per heavy atom. The number of amides is 1. The smallest absolute Gasteiger partial charge is 0.220 e. The first kappa shape index (κ1) is 14.4. The molecular formula is C14H16ClNO2. The van der Waals surface area contributed by atoms with Gasteiger partial charge in [0.25, 0.3) is 0 Å². The molecule has 0 atom stereocenters. The molecule has 0 aliphatic rings. The van der Waals surface area contributed by atoms with Gasteiger partial charge in [-0.2, -0.15) is 0 Å². The molecule has 1 aromatic rings. The van der Waals surface area contributed by atoms with Crippen LogP contribution in [0.4, 0.5) is 0 Å². The van der Waals surface area contributed by atoms with Crippen LogP contribution in [0.1, 0.15) is 18.4 Å². The third-order valence-electron chi connectivity index (χ3n) is 2.23. The van der Waals surface area contributed by atoms with Gasteiger partial charge < -0.3 is 10.1 Å². The number of nitrogens with one attached hydrogen (secondary N) is 1. The van der Waals surface area contributed by atoms with E-state index in [2.05, 4.69) is 17.2 Å². The Morgan fingerprint density at radius 1 is 1.39 bits per heavy atom. The van der Waals surface area contributed by atoms with Gasteiger partial charge in [0.1, 0.15) is 5.75 Å². The molecule has 1 aromatic carbocycles. The SMILES string of the molecule is COc1ccc(C#CCNC(=O)CCCCl)cc1. The highest BCUT2D eigenvalue weighted by Crippen LogP contribution is 2.09. The summed E-state index contributed by atoms with van der Waals surface area (Å²) in [6, 6.07) is 7.45. The van der Waals surface area contributed by atoms with E-state index in [9.17, 15) is 4.79 Å². The summed E-state index contributed by atoms with van der Waals surface area (Å²) < 4.78 is 5.05. The van der Waals surface area contributed by atoms with E-state index in [4.69, 9.17) is 16.3 Å². The van der Waals surface area contributed by atoms with Gasteiger partial charge in [-0.05, 0) is 30.7 Å². The fourth-order valence-corrected chi connectivity index (χ4v) is 1.41. The molecule has 3 nitrogen and oxygen atoms in total. The molecule has 1 N–H and O–H groups in total. The Labute approximate surface area is 112 Å². The fraction of sp³-hybridized carbons (Fsp3) is 0.357. The fourth-order valence-electron chi connectivity index (χ4n) is 1.28. The summed E-state index contributed by atoms with van der Waals surface area (Å²) in [7, 11) is 1.62. The van der Waals surface area contributed by atoms with Crippen LogP contribution in [0.5, 0.6) is 5.75 Å². The van der Waals surface area contributed by atoms with Crippen molar-refractivity contribution in [1.29, 1.82) is 0 Å². The second-order valence-electron chi connectivity index (χ2n) is 3.60. The van der Waals surface area contributed by atoms with Crippen LogP contribution in [0.25, 0.3) is 0 Å². The van der Waals surface area contributed by atoms with Crippen molar-refractivity contribution in [2.24, 2.45) is 0 Å². The minimum Gasteiger partial charge on any atom is -0.497 e. The van der Waals surface area contributed by atoms with Gasteiger partial charge in [0.05, 0.1) is 13.7 Å². The summed E-state index contributed by atoms with van der Waals surface area (Å²) in [4.78, 5) is 11.2. The Hall–Kier alpha value is -1.66. The number of carbonyl (C=O) groups excluding carboxylic acids is 1. The van der Waals surface area contributed by atoms with Gasteiger partial charge in [-0.1, -0.05) is 11.8 Å². The molecule has 96 valence electrons. The number of alkyl halides is 1. The number of hydrogen-bond acceptors (Lipinski definition) is 2. The largest absolute Gasteiger partial charge is 0.497 e. The number of benzene rings is 1. The number of hydrogen-bond donors (Lipinski definition) is 1. The van der Waals surface area contributed by atoms with E-state index in [-0.39, 0.29) is 5.91 Å². The van der Waals surface area contributed by atoms with E-state index >= 15 is 0 Å². The monoisotopic (exact) mass is 265 g/mol. The lowest BCUT2D eigenvalue weighted by Crippen LogP contribution is -2.23. The number of carbonyl (C=O) groups is 1. The highest BCUT2D eigenvalue weighted by molar-refractivity contribution is 6.17. The van der Waals surface area contributed by atoms with Crippen molar-refractivity contribution in [2.45, 2.75) is 12.8 Å². The van der Waals surface area contributed by atoms with E-state index in [0.717, 1.165) is 11.3 Å². The molecule has 18 heavy (non-hydrogen) atoms. The summed E-state index contributed by atoms with van der Waals surface area (Å²) in [6.07, 6.45) is 1.15. The summed E-state index contributed by atoms with van der Waals surface area (Å²) in [5, 5.41) is 2.71. The second kappa shape index (κ2) is 8.43. The lowest BCUT2D eigenvalue weighted by molar-refractivity contribution is -0.120. The van der Waals surface area contributed by atoms with Crippen molar-refractivity contribution in [3.8, 4) is 17.6 Å². The second-order valence-corrected chi connectivity index (χ2v) is 3.98. The molecule has 0 aliphatic heterocycles. The molecule has 0 heterocycles. The van der Waals surface area contributed by atoms with Gasteiger partial charge in [-0.3, -0.25) is 4.79 Å². The van der Waals surface area contributed by atoms with Gasteiger partial charge in [-0.15, -0.1) is 11.6 Å². The first-order valence-corrected chi connectivity index (χ1v) is 6.25. The molecule has 0 unspecified atom stereocenters. The third kappa shape index (κ3) is 5.60. The highest BCUT2D eigenvalue weighted by atomic mass is 35.5. The number of rotatable bonds is 5. The van der Waals surface area contributed by atoms with Crippen molar-refractivity contribution in [3.63, 3.8) is 0 Å². The first-order valence-electron chi connectivity index (χ1n) is 5.72. The van der Waals surface area contributed by atoms with Crippen molar-refractivity contribution in [2.75, 3.05) is 19.5 Å². The van der Waals surface area contributed by atoms with Crippen molar-refractivity contribution in [1.82, 2.24) is 5.32 Å². The van der Waals surface area contributed by atoms with Gasteiger partial charge in [0, 0.05) is 17.9 Å². The summed E-state index contributed by atoms with van der Waals surface area (Å²) in [5.74, 6) is 7.14. The minimum atomic E-state index is -0.0142. The van der Waals surface area contributed by atoms with Crippen LogP contribution in [0.15, 0.2) is 24.3 Å². The van der Waals surface area contributed by atoms with E-state index < -0.39 is 0 Å². The molecule has 0 saturated carbocycles. The maximum Gasteiger partial charge on any atom is 0.220 e. The maximum atomic E-state index is 11.2. The predicted molar refractivity (Wildman–Crippen MR) is 72.8 cm³/mol. The standard InChI is InChI=1S/C14H16ClNO2/c1-18-13-8-6-12(7-9-13)4-3-11-16-14(17)5-2-10-15/h6-9H,2,5,10-11H2,1H3,(H,16,17). The zero-order valence-electron chi connectivity index (χ0n) is 10.3. The number of methoxy groups -OCH3 is 1. The van der Waals surface area contributed by atoms with Crippen LogP contribution in [-0.4, -0.2) is 25.4 Å². The maximum absolute atomic E-state index is 11.2. The molecule has 0 aromatic heterocycles. The Balaban J connectivity index is 2.34. The lowest BCUT2D eigenvalue weighted by Gasteiger charge is -1.99. The van der Waals surface area contributed by atoms with Gasteiger partial charge in [0.2, 0.25) is 5.91 Å². The molecule has 4 heteroatoms. The summed E-state index contributed by atoms with van der Waals surface area (Å²) in [6.45, 7) is 0.354. The molecular weight excluding hydrogens is 250 g/mol. The van der Waals surface area contributed by atoms with Gasteiger partial charge >= 0.3 is 0 Å². The Bertz CT molecular complexity index is 431. The van der Waals surface area contributed by atoms with Crippen molar-refractivity contribution >= 4 is 17.5 Å². The van der Waals surface area contributed by atoms with Crippen LogP contribution in [-0.2, 0) is 4.79 Å². The zero-order valence-corrected chi connectivity index (χ0v) is 11.1. The van der Waals surface area contributed by atoms with E-state index in [1.54, 1.807) is 7.11 Å². The Morgan fingerprint density at radius 2 is 2.11 bits per heavy atom. The topological polar surface area (TPSA) is 38.3 Å². The molecule has 0 fully saturated rings. The quantitative estimate of drug-likeness (QED) is 0.655. The highest BCUT2D eigenvalue weighted by Gasteiger charge is 1.97. The molecule has 0 saturated heterocycles. The average molecular weight is 266 g/mol. The van der Waals surface area contributed by atoms with Crippen molar-refractivity contribution in [3.05, 3.63) is 29.8 Å². The van der Waals surface area contributed by atoms with Crippen molar-refractivity contribution < 1.29 is 9.53 Å². The van der Waals surface area contributed by atoms with E-state index in [1.165, 1.54) is 0 Å². The normalized spacial score (nSPS) is 9.22. The summed E-state index contributed by atoms with van der Waals surface area (Å²) in [5.41, 5.74) is 0.894. The molecule has 0 bridgehead atoms. The van der Waals surface area contributed by atoms with Crippen LogP contribution < -0.4 is 10.1 Å². The zero-order chi connectivity index (χ0) is 13.2. The van der Waals surface area contributed by atoms with Gasteiger partial charge in [-0.25, -0.2) is 0 Å². The van der Waals surface area contributed by atoms with Crippen LogP contribution >= 0.6 is 11.6 Å². The molecule has 0 spiro atoms. The van der Waals surface area contributed by atoms with Crippen LogP contribution in [0.3, 0.4) is 0 Å². The molecule has 0 aliphatic carbocycles. The Kier molecular flexibility index (Phi) is 6.75. The first-order chi connectivity index (χ1) is 8.76. The number of ether oxygens (including phenoxy) is 1. The third-order valence-corrected chi connectivity index (χ3v) is 2.50. The van der Waals surface area contributed by atoms with Crippen LogP contribution in [0, 0.1) is 11.8 Å². The molecule has 1 rings (SSSR count). The summed E-state index contributed by atoms with van der Waals surface area (Å²) >= 11 is 5.49. The molecule has 0 radical (unpaired) electrons. The minimum absolute atomic E-state index is 0.0142.